The van der Waals surface area contributed by atoms with Gasteiger partial charge in [0.25, 0.3) is 15.9 Å². The van der Waals surface area contributed by atoms with Crippen molar-refractivity contribution in [1.82, 2.24) is 9.47 Å². The van der Waals surface area contributed by atoms with Gasteiger partial charge in [-0.1, -0.05) is 54.1 Å². The summed E-state index contributed by atoms with van der Waals surface area (Å²) in [5.41, 5.74) is 3.83. The molecule has 0 aliphatic carbocycles. The van der Waals surface area contributed by atoms with Gasteiger partial charge in [0, 0.05) is 40.5 Å². The number of para-hydroxylation sites is 2. The van der Waals surface area contributed by atoms with Crippen LogP contribution in [-0.4, -0.2) is 54.6 Å². The Balaban J connectivity index is 1.33. The Morgan fingerprint density at radius 1 is 0.810 bits per heavy atom. The SMILES string of the molecule is Cc1ccc(S(=O)(=O)N(CC(O)Cn2c3ccccc3c3ccccc32)c2ccc(C(=O)N3CCCCC3)cc2)cc1. The van der Waals surface area contributed by atoms with Crippen LogP contribution in [0.4, 0.5) is 5.69 Å². The molecule has 6 rings (SSSR count). The zero-order valence-corrected chi connectivity index (χ0v) is 24.5. The number of rotatable bonds is 8. The summed E-state index contributed by atoms with van der Waals surface area (Å²) in [5.74, 6) is -0.0411. The van der Waals surface area contributed by atoms with Crippen LogP contribution in [0.5, 0.6) is 0 Å². The van der Waals surface area contributed by atoms with E-state index in [0.29, 0.717) is 11.3 Å². The van der Waals surface area contributed by atoms with Crippen LogP contribution in [0.25, 0.3) is 21.8 Å². The van der Waals surface area contributed by atoms with E-state index in [1.165, 1.54) is 4.31 Å². The number of hydrogen-bond acceptors (Lipinski definition) is 4. The molecule has 216 valence electrons. The van der Waals surface area contributed by atoms with Crippen molar-refractivity contribution in [3.8, 4) is 0 Å². The number of nitrogens with zero attached hydrogens (tertiary/aromatic N) is 3. The van der Waals surface area contributed by atoms with Crippen LogP contribution in [0.2, 0.25) is 0 Å². The molecule has 42 heavy (non-hydrogen) atoms. The summed E-state index contributed by atoms with van der Waals surface area (Å²) in [7, 11) is -4.01. The zero-order valence-electron chi connectivity index (χ0n) is 23.7. The minimum absolute atomic E-state index is 0.0411. The van der Waals surface area contributed by atoms with E-state index in [0.717, 1.165) is 59.7 Å². The molecule has 5 aromatic rings. The molecule has 1 amide bonds. The van der Waals surface area contributed by atoms with Gasteiger partial charge in [0.2, 0.25) is 0 Å². The van der Waals surface area contributed by atoms with Gasteiger partial charge in [0.05, 0.1) is 29.8 Å². The number of piperidine rings is 1. The minimum Gasteiger partial charge on any atom is -0.389 e. The van der Waals surface area contributed by atoms with Gasteiger partial charge in [0.1, 0.15) is 0 Å². The lowest BCUT2D eigenvalue weighted by Crippen LogP contribution is -2.39. The third kappa shape index (κ3) is 5.40. The number of carbonyl (C=O) groups excluding carboxylic acids is 1. The molecule has 0 saturated carbocycles. The largest absolute Gasteiger partial charge is 0.389 e. The fraction of sp³-hybridized carbons (Fsp3) is 0.265. The van der Waals surface area contributed by atoms with Gasteiger partial charge in [-0.3, -0.25) is 9.10 Å². The summed E-state index contributed by atoms with van der Waals surface area (Å²) in [6.45, 7) is 3.44. The quantitative estimate of drug-likeness (QED) is 0.244. The van der Waals surface area contributed by atoms with E-state index < -0.39 is 16.1 Å². The number of likely N-dealkylation sites (tertiary alicyclic amines) is 1. The molecule has 4 aromatic carbocycles. The molecule has 1 atom stereocenters. The Kier molecular flexibility index (Phi) is 7.75. The van der Waals surface area contributed by atoms with Crippen molar-refractivity contribution >= 4 is 43.4 Å². The number of aliphatic hydroxyl groups is 1. The van der Waals surface area contributed by atoms with Gasteiger partial charge >= 0.3 is 0 Å². The smallest absolute Gasteiger partial charge is 0.264 e. The van der Waals surface area contributed by atoms with Crippen LogP contribution in [0.1, 0.15) is 35.2 Å². The minimum atomic E-state index is -4.01. The van der Waals surface area contributed by atoms with E-state index in [9.17, 15) is 18.3 Å². The van der Waals surface area contributed by atoms with Gasteiger partial charge in [-0.05, 0) is 74.7 Å². The topological polar surface area (TPSA) is 82.8 Å². The molecule has 8 heteroatoms. The second-order valence-electron chi connectivity index (χ2n) is 11.0. The number of sulfonamides is 1. The molecule has 1 aromatic heterocycles. The lowest BCUT2D eigenvalue weighted by atomic mass is 10.1. The van der Waals surface area contributed by atoms with Crippen molar-refractivity contribution in [2.24, 2.45) is 0 Å². The molecule has 1 aliphatic rings. The maximum atomic E-state index is 14.0. The highest BCUT2D eigenvalue weighted by atomic mass is 32.2. The highest BCUT2D eigenvalue weighted by molar-refractivity contribution is 7.92. The molecular weight excluding hydrogens is 546 g/mol. The number of amides is 1. The molecule has 0 radical (unpaired) electrons. The van der Waals surface area contributed by atoms with E-state index in [1.807, 2.05) is 52.8 Å². The maximum absolute atomic E-state index is 14.0. The van der Waals surface area contributed by atoms with Crippen molar-refractivity contribution in [3.05, 3.63) is 108 Å². The monoisotopic (exact) mass is 581 g/mol. The number of fused-ring (bicyclic) bond motifs is 3. The van der Waals surface area contributed by atoms with Crippen molar-refractivity contribution in [3.63, 3.8) is 0 Å². The van der Waals surface area contributed by atoms with Crippen molar-refractivity contribution < 1.29 is 18.3 Å². The molecule has 7 nitrogen and oxygen atoms in total. The Morgan fingerprint density at radius 2 is 1.38 bits per heavy atom. The average Bonchev–Trinajstić information content (AvgIpc) is 3.33. The summed E-state index contributed by atoms with van der Waals surface area (Å²) >= 11 is 0. The molecule has 1 N–H and O–H groups in total. The lowest BCUT2D eigenvalue weighted by molar-refractivity contribution is 0.0724. The Hall–Kier alpha value is -4.14. The number of aryl methyl sites for hydroxylation is 1. The first-order chi connectivity index (χ1) is 20.3. The van der Waals surface area contributed by atoms with Crippen LogP contribution in [0.3, 0.4) is 0 Å². The molecule has 1 saturated heterocycles. The second kappa shape index (κ2) is 11.6. The van der Waals surface area contributed by atoms with E-state index in [1.54, 1.807) is 48.5 Å². The molecule has 1 aliphatic heterocycles. The highest BCUT2D eigenvalue weighted by Gasteiger charge is 2.28. The fourth-order valence-electron chi connectivity index (χ4n) is 5.89. The number of anilines is 1. The van der Waals surface area contributed by atoms with Crippen molar-refractivity contribution in [1.29, 1.82) is 0 Å². The van der Waals surface area contributed by atoms with Gasteiger partial charge in [-0.2, -0.15) is 0 Å². The van der Waals surface area contributed by atoms with Crippen molar-refractivity contribution in [2.45, 2.75) is 43.7 Å². The number of aliphatic hydroxyl groups excluding tert-OH is 1. The predicted molar refractivity (Wildman–Crippen MR) is 167 cm³/mol. The number of benzene rings is 4. The summed E-state index contributed by atoms with van der Waals surface area (Å²) in [6, 6.07) is 29.5. The Labute approximate surface area is 246 Å². The normalized spacial score (nSPS) is 14.8. The van der Waals surface area contributed by atoms with Crippen LogP contribution >= 0.6 is 0 Å². The van der Waals surface area contributed by atoms with Gasteiger partial charge in [-0.15, -0.1) is 0 Å². The van der Waals surface area contributed by atoms with E-state index in [4.69, 9.17) is 0 Å². The lowest BCUT2D eigenvalue weighted by Gasteiger charge is -2.28. The average molecular weight is 582 g/mol. The van der Waals surface area contributed by atoms with Gasteiger partial charge < -0.3 is 14.6 Å². The first-order valence-electron chi connectivity index (χ1n) is 14.5. The van der Waals surface area contributed by atoms with Gasteiger partial charge in [0.15, 0.2) is 0 Å². The molecule has 0 spiro atoms. The van der Waals surface area contributed by atoms with Gasteiger partial charge in [-0.25, -0.2) is 8.42 Å². The van der Waals surface area contributed by atoms with E-state index >= 15 is 0 Å². The highest BCUT2D eigenvalue weighted by Crippen LogP contribution is 2.30. The summed E-state index contributed by atoms with van der Waals surface area (Å²) in [5, 5.41) is 13.6. The Bertz CT molecular complexity index is 1770. The number of carbonyl (C=O) groups is 1. The summed E-state index contributed by atoms with van der Waals surface area (Å²) in [6.07, 6.45) is 2.11. The van der Waals surface area contributed by atoms with E-state index in [-0.39, 0.29) is 23.9 Å². The predicted octanol–water partition coefficient (Wildman–Crippen LogP) is 5.99. The number of aromatic nitrogens is 1. The molecular formula is C34H35N3O4S. The van der Waals surface area contributed by atoms with Crippen molar-refractivity contribution in [2.75, 3.05) is 23.9 Å². The second-order valence-corrected chi connectivity index (χ2v) is 12.9. The van der Waals surface area contributed by atoms with E-state index in [2.05, 4.69) is 12.1 Å². The molecule has 2 heterocycles. The first-order valence-corrected chi connectivity index (χ1v) is 15.9. The summed E-state index contributed by atoms with van der Waals surface area (Å²) in [4.78, 5) is 15.1. The fourth-order valence-corrected chi connectivity index (χ4v) is 7.39. The van der Waals surface area contributed by atoms with Crippen LogP contribution < -0.4 is 4.31 Å². The Morgan fingerprint density at radius 3 is 1.98 bits per heavy atom. The standard InChI is InChI=1S/C34H35N3O4S/c1-25-13-19-29(20-14-25)42(40,41)37(27-17-15-26(16-18-27)34(39)35-21-7-2-8-22-35)24-28(38)23-36-32-11-5-3-9-30(32)31-10-4-6-12-33(31)36/h3-6,9-20,28,38H,2,7-8,21-24H2,1H3. The summed E-state index contributed by atoms with van der Waals surface area (Å²) < 4.78 is 31.3. The molecule has 1 fully saturated rings. The molecule has 0 bridgehead atoms. The first kappa shape index (κ1) is 28.0. The third-order valence-corrected chi connectivity index (χ3v) is 9.91. The molecule has 1 unspecified atom stereocenters. The maximum Gasteiger partial charge on any atom is 0.264 e. The number of hydrogen-bond donors (Lipinski definition) is 1. The van der Waals surface area contributed by atoms with Crippen LogP contribution in [-0.2, 0) is 16.6 Å². The third-order valence-electron chi connectivity index (χ3n) is 8.10. The van der Waals surface area contributed by atoms with Crippen LogP contribution in [0.15, 0.2) is 102 Å². The van der Waals surface area contributed by atoms with Crippen LogP contribution in [0, 0.1) is 6.92 Å². The zero-order chi connectivity index (χ0) is 29.3.